The summed E-state index contributed by atoms with van der Waals surface area (Å²) in [4.78, 5) is 0. The third kappa shape index (κ3) is 5.23. The lowest BCUT2D eigenvalue weighted by molar-refractivity contribution is 1.57. The summed E-state index contributed by atoms with van der Waals surface area (Å²) in [6.45, 7) is 0. The van der Waals surface area contributed by atoms with Crippen molar-refractivity contribution >= 4 is 53.9 Å². The maximum atomic E-state index is 2.35. The maximum Gasteiger partial charge on any atom is -0.00264 e. The lowest BCUT2D eigenvalue weighted by Gasteiger charge is -2.13. The minimum atomic E-state index is 1.22. The molecule has 0 aliphatic rings. The van der Waals surface area contributed by atoms with Gasteiger partial charge in [0.2, 0.25) is 0 Å². The van der Waals surface area contributed by atoms with E-state index in [0.717, 1.165) is 0 Å². The molecule has 11 rings (SSSR count). The van der Waals surface area contributed by atoms with E-state index in [2.05, 4.69) is 206 Å². The van der Waals surface area contributed by atoms with Crippen LogP contribution >= 0.6 is 0 Å². The van der Waals surface area contributed by atoms with Crippen molar-refractivity contribution in [1.82, 2.24) is 0 Å². The van der Waals surface area contributed by atoms with Gasteiger partial charge in [-0.15, -0.1) is 0 Å². The van der Waals surface area contributed by atoms with Gasteiger partial charge >= 0.3 is 0 Å². The van der Waals surface area contributed by atoms with E-state index in [-0.39, 0.29) is 0 Å². The van der Waals surface area contributed by atoms with Crippen molar-refractivity contribution in [3.05, 3.63) is 206 Å². The topological polar surface area (TPSA) is 0 Å². The average Bonchev–Trinajstić information content (AvgIpc) is 3.25. The molecule has 0 aliphatic heterocycles. The molecular weight excluding hydrogens is 649 g/mol. The largest absolute Gasteiger partial charge is 0.0622 e. The van der Waals surface area contributed by atoms with Gasteiger partial charge in [0, 0.05) is 0 Å². The van der Waals surface area contributed by atoms with E-state index in [0.29, 0.717) is 0 Å². The number of fused-ring (bicyclic) bond motifs is 2. The van der Waals surface area contributed by atoms with Crippen LogP contribution in [0.4, 0.5) is 0 Å². The number of benzene rings is 11. The van der Waals surface area contributed by atoms with Gasteiger partial charge in [-0.3, -0.25) is 0 Å². The molecule has 0 aliphatic carbocycles. The molecule has 0 heteroatoms. The van der Waals surface area contributed by atoms with Crippen molar-refractivity contribution in [3.63, 3.8) is 0 Å². The summed E-state index contributed by atoms with van der Waals surface area (Å²) in [7, 11) is 0. The Kier molecular flexibility index (Phi) is 6.97. The molecule has 11 aromatic rings. The lowest BCUT2D eigenvalue weighted by atomic mass is 9.90. The Morgan fingerprint density at radius 1 is 0.148 bits per heavy atom. The van der Waals surface area contributed by atoms with E-state index in [1.165, 1.54) is 109 Å². The Hall–Kier alpha value is -7.02. The van der Waals surface area contributed by atoms with Gasteiger partial charge in [-0.05, 0) is 164 Å². The Morgan fingerprint density at radius 3 is 0.870 bits per heavy atom. The van der Waals surface area contributed by atoms with Crippen molar-refractivity contribution in [3.8, 4) is 55.6 Å². The van der Waals surface area contributed by atoms with E-state index < -0.39 is 0 Å². The van der Waals surface area contributed by atoms with Crippen molar-refractivity contribution < 1.29 is 0 Å². The molecule has 0 heterocycles. The SMILES string of the molecule is c1ccc(-c2cc(-c3ccccc3)cc(-c3ccc4cc(-c5ccc6cc(-c7cc8ccc9cccc%10ccc(c7)c8c9%10)ccc6c5)ccc4c3)c2)cc1. The van der Waals surface area contributed by atoms with Crippen LogP contribution in [0, 0.1) is 0 Å². The Bertz CT molecular complexity index is 3070. The molecule has 0 radical (unpaired) electrons. The Labute approximate surface area is 314 Å². The first-order chi connectivity index (χ1) is 26.7. The minimum absolute atomic E-state index is 1.22. The van der Waals surface area contributed by atoms with Gasteiger partial charge in [-0.25, -0.2) is 0 Å². The second-order valence-corrected chi connectivity index (χ2v) is 14.6. The lowest BCUT2D eigenvalue weighted by Crippen LogP contribution is -1.87. The fourth-order valence-corrected chi connectivity index (χ4v) is 8.52. The molecule has 0 aromatic heterocycles. The summed E-state index contributed by atoms with van der Waals surface area (Å²) in [5.41, 5.74) is 12.3. The van der Waals surface area contributed by atoms with Crippen LogP contribution in [0.3, 0.4) is 0 Å². The first-order valence-corrected chi connectivity index (χ1v) is 18.7. The molecule has 0 saturated carbocycles. The molecule has 0 fully saturated rings. The Balaban J connectivity index is 0.924. The summed E-state index contributed by atoms with van der Waals surface area (Å²) >= 11 is 0. The zero-order valence-electron chi connectivity index (χ0n) is 29.6. The normalized spacial score (nSPS) is 11.7. The first kappa shape index (κ1) is 30.6. The third-order valence-corrected chi connectivity index (χ3v) is 11.3. The predicted molar refractivity (Wildman–Crippen MR) is 232 cm³/mol. The first-order valence-electron chi connectivity index (χ1n) is 18.7. The second kappa shape index (κ2) is 12.3. The fraction of sp³-hybridized carbons (Fsp3) is 0. The van der Waals surface area contributed by atoms with Gasteiger partial charge in [0.1, 0.15) is 0 Å². The molecule has 0 bridgehead atoms. The van der Waals surface area contributed by atoms with Crippen LogP contribution < -0.4 is 0 Å². The van der Waals surface area contributed by atoms with E-state index in [1.807, 2.05) is 0 Å². The predicted octanol–water partition coefficient (Wildman–Crippen LogP) is 15.2. The average molecular weight is 683 g/mol. The van der Waals surface area contributed by atoms with Crippen LogP contribution in [-0.4, -0.2) is 0 Å². The summed E-state index contributed by atoms with van der Waals surface area (Å²) in [5.74, 6) is 0. The summed E-state index contributed by atoms with van der Waals surface area (Å²) < 4.78 is 0. The van der Waals surface area contributed by atoms with Crippen LogP contribution in [0.2, 0.25) is 0 Å². The molecule has 0 nitrogen and oxygen atoms in total. The van der Waals surface area contributed by atoms with Gasteiger partial charge in [-0.1, -0.05) is 152 Å². The molecule has 0 unspecified atom stereocenters. The maximum absolute atomic E-state index is 2.35. The molecule has 0 spiro atoms. The monoisotopic (exact) mass is 682 g/mol. The molecule has 54 heavy (non-hydrogen) atoms. The van der Waals surface area contributed by atoms with Gasteiger partial charge in [0.15, 0.2) is 0 Å². The van der Waals surface area contributed by atoms with Crippen molar-refractivity contribution in [1.29, 1.82) is 0 Å². The van der Waals surface area contributed by atoms with Crippen LogP contribution in [-0.2, 0) is 0 Å². The van der Waals surface area contributed by atoms with E-state index in [1.54, 1.807) is 0 Å². The van der Waals surface area contributed by atoms with Crippen LogP contribution in [0.25, 0.3) is 109 Å². The standard InChI is InChI=1S/C54H34/c1-3-8-35(9-4-1)49-32-50(36-10-5-2-6-11-36)34-52(33-49)46-23-21-42-27-40(17-19-44(42)29-46)39-16-18-43-28-45(22-20-41(43)26-39)51-30-47-24-14-37-12-7-13-38-15-25-48(31-51)54(47)53(37)38/h1-34H. The fourth-order valence-electron chi connectivity index (χ4n) is 8.52. The zero-order chi connectivity index (χ0) is 35.6. The summed E-state index contributed by atoms with van der Waals surface area (Å²) in [6, 6.07) is 76.1. The molecule has 0 N–H and O–H groups in total. The summed E-state index contributed by atoms with van der Waals surface area (Å²) in [5, 5.41) is 12.9. The highest BCUT2D eigenvalue weighted by Crippen LogP contribution is 2.39. The van der Waals surface area contributed by atoms with E-state index in [9.17, 15) is 0 Å². The smallest absolute Gasteiger partial charge is 0.00264 e. The van der Waals surface area contributed by atoms with Crippen molar-refractivity contribution in [2.75, 3.05) is 0 Å². The van der Waals surface area contributed by atoms with Gasteiger partial charge in [-0.2, -0.15) is 0 Å². The quantitative estimate of drug-likeness (QED) is 0.159. The van der Waals surface area contributed by atoms with Crippen LogP contribution in [0.5, 0.6) is 0 Å². The van der Waals surface area contributed by atoms with Gasteiger partial charge < -0.3 is 0 Å². The summed E-state index contributed by atoms with van der Waals surface area (Å²) in [6.07, 6.45) is 0. The molecular formula is C54H34. The Morgan fingerprint density at radius 2 is 0.444 bits per heavy atom. The van der Waals surface area contributed by atoms with Gasteiger partial charge in [0.05, 0.1) is 0 Å². The molecule has 0 saturated heterocycles. The highest BCUT2D eigenvalue weighted by Gasteiger charge is 2.12. The number of hydrogen-bond donors (Lipinski definition) is 0. The molecule has 11 aromatic carbocycles. The van der Waals surface area contributed by atoms with Crippen molar-refractivity contribution in [2.45, 2.75) is 0 Å². The number of hydrogen-bond acceptors (Lipinski definition) is 0. The number of rotatable bonds is 5. The highest BCUT2D eigenvalue weighted by molar-refractivity contribution is 6.23. The zero-order valence-corrected chi connectivity index (χ0v) is 29.6. The van der Waals surface area contributed by atoms with Gasteiger partial charge in [0.25, 0.3) is 0 Å². The van der Waals surface area contributed by atoms with Crippen LogP contribution in [0.1, 0.15) is 0 Å². The molecule has 0 atom stereocenters. The minimum Gasteiger partial charge on any atom is -0.0622 e. The van der Waals surface area contributed by atoms with Crippen molar-refractivity contribution in [2.24, 2.45) is 0 Å². The van der Waals surface area contributed by atoms with E-state index in [4.69, 9.17) is 0 Å². The third-order valence-electron chi connectivity index (χ3n) is 11.3. The van der Waals surface area contributed by atoms with Crippen LogP contribution in [0.15, 0.2) is 206 Å². The second-order valence-electron chi connectivity index (χ2n) is 14.6. The van der Waals surface area contributed by atoms with E-state index >= 15 is 0 Å². The molecule has 0 amide bonds. The highest BCUT2D eigenvalue weighted by atomic mass is 14.2. The molecule has 250 valence electrons.